The zero-order chi connectivity index (χ0) is 16.3. The van der Waals surface area contributed by atoms with Crippen LogP contribution in [0.2, 0.25) is 0 Å². The Bertz CT molecular complexity index is 548. The molecule has 0 aromatic heterocycles. The lowest BCUT2D eigenvalue weighted by Gasteiger charge is -2.25. The molecule has 1 aromatic carbocycles. The number of rotatable bonds is 7. The molecule has 2 rings (SSSR count). The summed E-state index contributed by atoms with van der Waals surface area (Å²) in [4.78, 5) is 10.2. The van der Waals surface area contributed by atoms with Crippen LogP contribution in [-0.2, 0) is 4.65 Å². The van der Waals surface area contributed by atoms with E-state index in [1.807, 2.05) is 13.8 Å². The van der Waals surface area contributed by atoms with Crippen molar-refractivity contribution in [1.29, 1.82) is 0 Å². The van der Waals surface area contributed by atoms with Crippen molar-refractivity contribution in [3.63, 3.8) is 0 Å². The fourth-order valence-electron chi connectivity index (χ4n) is 2.47. The molecule has 1 aliphatic rings. The maximum absolute atomic E-state index is 10.7. The first-order valence-corrected chi connectivity index (χ1v) is 7.33. The van der Waals surface area contributed by atoms with E-state index in [2.05, 4.69) is 0 Å². The van der Waals surface area contributed by atoms with E-state index in [1.54, 1.807) is 18.2 Å². The van der Waals surface area contributed by atoms with E-state index in [9.17, 15) is 20.2 Å². The second-order valence-electron chi connectivity index (χ2n) is 5.47. The van der Waals surface area contributed by atoms with Crippen molar-refractivity contribution in [2.24, 2.45) is 0 Å². The van der Waals surface area contributed by atoms with Crippen LogP contribution in [0.15, 0.2) is 18.2 Å². The highest BCUT2D eigenvalue weighted by molar-refractivity contribution is 6.62. The predicted octanol–water partition coefficient (Wildman–Crippen LogP) is 0.652. The van der Waals surface area contributed by atoms with Crippen molar-refractivity contribution < 1.29 is 24.4 Å². The number of ether oxygens (including phenoxy) is 1. The fraction of sp³-hybridized carbons (Fsp3) is 0.571. The maximum atomic E-state index is 10.7. The maximum Gasteiger partial charge on any atom is 0.496 e. The van der Waals surface area contributed by atoms with E-state index in [1.165, 1.54) is 0 Å². The molecule has 0 spiro atoms. The molecule has 1 heterocycles. The van der Waals surface area contributed by atoms with Gasteiger partial charge < -0.3 is 19.5 Å². The summed E-state index contributed by atoms with van der Waals surface area (Å²) in [5, 5.41) is 30.9. The van der Waals surface area contributed by atoms with Gasteiger partial charge in [0, 0.05) is 10.4 Å². The van der Waals surface area contributed by atoms with Gasteiger partial charge in [0.1, 0.15) is 18.5 Å². The molecule has 120 valence electrons. The van der Waals surface area contributed by atoms with Gasteiger partial charge in [0.2, 0.25) is 6.54 Å². The highest BCUT2D eigenvalue weighted by Gasteiger charge is 2.40. The minimum Gasteiger partial charge on any atom is -0.491 e. The Kier molecular flexibility index (Phi) is 5.05. The predicted molar refractivity (Wildman–Crippen MR) is 80.8 cm³/mol. The van der Waals surface area contributed by atoms with Gasteiger partial charge in [-0.2, -0.15) is 0 Å². The Morgan fingerprint density at radius 1 is 1.45 bits per heavy atom. The van der Waals surface area contributed by atoms with Crippen LogP contribution < -0.4 is 10.2 Å². The minimum absolute atomic E-state index is 0.0864. The molecule has 0 bridgehead atoms. The summed E-state index contributed by atoms with van der Waals surface area (Å²) < 4.78 is 10.9. The third-order valence-electron chi connectivity index (χ3n) is 4.11. The van der Waals surface area contributed by atoms with Crippen LogP contribution in [0.1, 0.15) is 38.4 Å². The summed E-state index contributed by atoms with van der Waals surface area (Å²) in [6.07, 6.45) is 0.294. The standard InChI is InChI=1S/C14H20BNO6/c1-3-14(17,4-2)9-21-11-7-5-6-10-12(8-16(19)20)22-15(18)13(10)11/h5-7,12,17-18H,3-4,8-9H2,1-2H3. The van der Waals surface area contributed by atoms with Gasteiger partial charge in [0.05, 0.1) is 5.60 Å². The number of nitro groups is 1. The zero-order valence-corrected chi connectivity index (χ0v) is 12.7. The van der Waals surface area contributed by atoms with Crippen LogP contribution >= 0.6 is 0 Å². The smallest absolute Gasteiger partial charge is 0.491 e. The van der Waals surface area contributed by atoms with Crippen molar-refractivity contribution in [2.45, 2.75) is 38.4 Å². The van der Waals surface area contributed by atoms with Crippen molar-refractivity contribution in [3.8, 4) is 5.75 Å². The van der Waals surface area contributed by atoms with Gasteiger partial charge in [0.25, 0.3) is 0 Å². The Morgan fingerprint density at radius 3 is 2.73 bits per heavy atom. The lowest BCUT2D eigenvalue weighted by molar-refractivity contribution is -0.490. The van der Waals surface area contributed by atoms with Crippen molar-refractivity contribution >= 4 is 12.6 Å². The fourth-order valence-corrected chi connectivity index (χ4v) is 2.47. The van der Waals surface area contributed by atoms with Gasteiger partial charge in [0.15, 0.2) is 0 Å². The van der Waals surface area contributed by atoms with Crippen molar-refractivity contribution in [1.82, 2.24) is 0 Å². The average Bonchev–Trinajstić information content (AvgIpc) is 2.81. The molecule has 8 heteroatoms. The molecule has 0 amide bonds. The molecular weight excluding hydrogens is 289 g/mol. The highest BCUT2D eigenvalue weighted by Crippen LogP contribution is 2.28. The molecule has 0 fully saturated rings. The van der Waals surface area contributed by atoms with Crippen LogP contribution in [0.25, 0.3) is 0 Å². The van der Waals surface area contributed by atoms with Gasteiger partial charge >= 0.3 is 7.12 Å². The third-order valence-corrected chi connectivity index (χ3v) is 4.11. The van der Waals surface area contributed by atoms with Gasteiger partial charge in [-0.15, -0.1) is 0 Å². The van der Waals surface area contributed by atoms with E-state index in [0.29, 0.717) is 29.6 Å². The van der Waals surface area contributed by atoms with E-state index < -0.39 is 30.3 Å². The number of benzene rings is 1. The molecule has 0 saturated heterocycles. The Morgan fingerprint density at radius 2 is 2.14 bits per heavy atom. The summed E-state index contributed by atoms with van der Waals surface area (Å²) >= 11 is 0. The first-order chi connectivity index (χ1) is 10.4. The number of aliphatic hydroxyl groups is 1. The van der Waals surface area contributed by atoms with Crippen molar-refractivity contribution in [2.75, 3.05) is 13.2 Å². The summed E-state index contributed by atoms with van der Waals surface area (Å²) in [5.74, 6) is 0.385. The summed E-state index contributed by atoms with van der Waals surface area (Å²) in [6, 6.07) is 5.03. The molecule has 1 aliphatic heterocycles. The van der Waals surface area contributed by atoms with E-state index >= 15 is 0 Å². The first kappa shape index (κ1) is 16.7. The van der Waals surface area contributed by atoms with Gasteiger partial charge in [-0.1, -0.05) is 26.0 Å². The van der Waals surface area contributed by atoms with E-state index in [4.69, 9.17) is 9.39 Å². The zero-order valence-electron chi connectivity index (χ0n) is 12.7. The molecule has 0 aliphatic carbocycles. The molecule has 2 N–H and O–H groups in total. The largest absolute Gasteiger partial charge is 0.496 e. The lowest BCUT2D eigenvalue weighted by atomic mass is 9.78. The van der Waals surface area contributed by atoms with Crippen LogP contribution in [0.4, 0.5) is 0 Å². The summed E-state index contributed by atoms with van der Waals surface area (Å²) in [5.41, 5.74) is 0.0232. The van der Waals surface area contributed by atoms with E-state index in [0.717, 1.165) is 0 Å². The average molecular weight is 309 g/mol. The normalized spacial score (nSPS) is 17.5. The van der Waals surface area contributed by atoms with E-state index in [-0.39, 0.29) is 6.61 Å². The summed E-state index contributed by atoms with van der Waals surface area (Å²) in [6.45, 7) is 3.41. The number of hydrogen-bond donors (Lipinski definition) is 2. The Labute approximate surface area is 129 Å². The molecule has 0 saturated carbocycles. The molecular formula is C14H20BNO6. The quantitative estimate of drug-likeness (QED) is 0.435. The van der Waals surface area contributed by atoms with Gasteiger partial charge in [-0.25, -0.2) is 0 Å². The second-order valence-corrected chi connectivity index (χ2v) is 5.47. The first-order valence-electron chi connectivity index (χ1n) is 7.33. The highest BCUT2D eigenvalue weighted by atomic mass is 16.6. The van der Waals surface area contributed by atoms with Crippen LogP contribution in [-0.4, -0.2) is 40.9 Å². The molecule has 1 unspecified atom stereocenters. The Balaban J connectivity index is 2.21. The van der Waals surface area contributed by atoms with Crippen LogP contribution in [0.5, 0.6) is 5.75 Å². The number of nitrogens with zero attached hydrogens (tertiary/aromatic N) is 1. The van der Waals surface area contributed by atoms with Gasteiger partial charge in [-0.05, 0) is 24.5 Å². The molecule has 7 nitrogen and oxygen atoms in total. The SMILES string of the molecule is CCC(O)(CC)COc1cccc2c1B(O)OC2C[N+](=O)[O-]. The topological polar surface area (TPSA) is 102 Å². The number of fused-ring (bicyclic) bond motifs is 1. The molecule has 1 atom stereocenters. The van der Waals surface area contributed by atoms with Crippen LogP contribution in [0.3, 0.4) is 0 Å². The molecule has 1 aromatic rings. The minimum atomic E-state index is -1.26. The lowest BCUT2D eigenvalue weighted by Crippen LogP contribution is -2.37. The Hall–Kier alpha value is -1.64. The molecule has 0 radical (unpaired) electrons. The van der Waals surface area contributed by atoms with Crippen molar-refractivity contribution in [3.05, 3.63) is 33.9 Å². The molecule has 22 heavy (non-hydrogen) atoms. The monoisotopic (exact) mass is 309 g/mol. The van der Waals surface area contributed by atoms with Crippen LogP contribution in [0, 0.1) is 10.1 Å². The summed E-state index contributed by atoms with van der Waals surface area (Å²) in [7, 11) is -1.26. The number of hydrogen-bond acceptors (Lipinski definition) is 6. The van der Waals surface area contributed by atoms with Gasteiger partial charge in [-0.3, -0.25) is 10.1 Å². The second kappa shape index (κ2) is 6.64. The third kappa shape index (κ3) is 3.40.